The smallest absolute Gasteiger partial charge is 0.121 e. The van der Waals surface area contributed by atoms with E-state index in [9.17, 15) is 5.11 Å². The molecule has 0 amide bonds. The molecule has 2 aromatic rings. The maximum atomic E-state index is 10.5. The van der Waals surface area contributed by atoms with Crippen LogP contribution in [0.1, 0.15) is 55.4 Å². The number of rotatable bonds is 4. The van der Waals surface area contributed by atoms with E-state index in [1.165, 1.54) is 5.56 Å². The SMILES string of the molecule is CCc1ncc([C@@H](O)c2ccc(C(C)C)cc2)n1C. The molecule has 102 valence electrons. The summed E-state index contributed by atoms with van der Waals surface area (Å²) in [6.07, 6.45) is 2.02. The lowest BCUT2D eigenvalue weighted by atomic mass is 9.99. The molecule has 0 unspecified atom stereocenters. The zero-order valence-corrected chi connectivity index (χ0v) is 12.1. The molecule has 1 aromatic heterocycles. The monoisotopic (exact) mass is 258 g/mol. The van der Waals surface area contributed by atoms with Crippen LogP contribution in [0.5, 0.6) is 0 Å². The number of nitrogens with zero attached hydrogens (tertiary/aromatic N) is 2. The van der Waals surface area contributed by atoms with Crippen LogP contribution in [0.25, 0.3) is 0 Å². The van der Waals surface area contributed by atoms with Crippen molar-refractivity contribution in [2.45, 2.75) is 39.2 Å². The number of hydrogen-bond donors (Lipinski definition) is 1. The van der Waals surface area contributed by atoms with E-state index in [4.69, 9.17) is 0 Å². The van der Waals surface area contributed by atoms with E-state index in [0.717, 1.165) is 23.5 Å². The van der Waals surface area contributed by atoms with Crippen molar-refractivity contribution < 1.29 is 5.11 Å². The first kappa shape index (κ1) is 13.8. The first-order chi connectivity index (χ1) is 9.04. The minimum absolute atomic E-state index is 0.509. The molecule has 1 atom stereocenters. The van der Waals surface area contributed by atoms with Crippen molar-refractivity contribution in [2.24, 2.45) is 7.05 Å². The average Bonchev–Trinajstić information content (AvgIpc) is 2.79. The summed E-state index contributed by atoms with van der Waals surface area (Å²) >= 11 is 0. The molecule has 0 aliphatic carbocycles. The minimum atomic E-state index is -0.612. The number of hydrogen-bond acceptors (Lipinski definition) is 2. The molecule has 3 nitrogen and oxygen atoms in total. The number of aryl methyl sites for hydroxylation is 1. The van der Waals surface area contributed by atoms with Crippen molar-refractivity contribution in [1.29, 1.82) is 0 Å². The molecule has 1 N–H and O–H groups in total. The van der Waals surface area contributed by atoms with Gasteiger partial charge in [-0.25, -0.2) is 4.98 Å². The highest BCUT2D eigenvalue weighted by molar-refractivity contribution is 5.30. The largest absolute Gasteiger partial charge is 0.382 e. The Morgan fingerprint density at radius 3 is 2.21 bits per heavy atom. The number of aliphatic hydroxyl groups is 1. The summed E-state index contributed by atoms with van der Waals surface area (Å²) in [5.41, 5.74) is 3.04. The minimum Gasteiger partial charge on any atom is -0.382 e. The van der Waals surface area contributed by atoms with Gasteiger partial charge in [-0.05, 0) is 17.0 Å². The van der Waals surface area contributed by atoms with Crippen LogP contribution in [0.3, 0.4) is 0 Å². The zero-order valence-electron chi connectivity index (χ0n) is 12.1. The zero-order chi connectivity index (χ0) is 14.0. The number of benzene rings is 1. The van der Waals surface area contributed by atoms with E-state index in [-0.39, 0.29) is 0 Å². The number of aromatic nitrogens is 2. The highest BCUT2D eigenvalue weighted by Crippen LogP contribution is 2.24. The molecule has 0 spiro atoms. The van der Waals surface area contributed by atoms with Gasteiger partial charge in [-0.2, -0.15) is 0 Å². The second kappa shape index (κ2) is 5.57. The molecule has 0 bridgehead atoms. The maximum absolute atomic E-state index is 10.5. The molecule has 0 aliphatic heterocycles. The molecular formula is C16H22N2O. The standard InChI is InChI=1S/C16H22N2O/c1-5-15-17-10-14(18(15)4)16(19)13-8-6-12(7-9-13)11(2)3/h6-11,16,19H,5H2,1-4H3/t16-/m0/s1. The number of aliphatic hydroxyl groups excluding tert-OH is 1. The van der Waals surface area contributed by atoms with Gasteiger partial charge in [0, 0.05) is 13.5 Å². The topological polar surface area (TPSA) is 38.1 Å². The van der Waals surface area contributed by atoms with Crippen LogP contribution in [-0.4, -0.2) is 14.7 Å². The van der Waals surface area contributed by atoms with Gasteiger partial charge in [0.05, 0.1) is 11.9 Å². The average molecular weight is 258 g/mol. The van der Waals surface area contributed by atoms with E-state index < -0.39 is 6.10 Å². The van der Waals surface area contributed by atoms with Crippen molar-refractivity contribution in [3.63, 3.8) is 0 Å². The van der Waals surface area contributed by atoms with Gasteiger partial charge in [-0.3, -0.25) is 0 Å². The Bertz CT molecular complexity index is 540. The Balaban J connectivity index is 2.28. The van der Waals surface area contributed by atoms with Crippen molar-refractivity contribution in [3.05, 3.63) is 53.1 Å². The highest BCUT2D eigenvalue weighted by Gasteiger charge is 2.16. The Hall–Kier alpha value is -1.61. The molecule has 0 saturated carbocycles. The van der Waals surface area contributed by atoms with Gasteiger partial charge in [0.15, 0.2) is 0 Å². The molecule has 1 aromatic carbocycles. The van der Waals surface area contributed by atoms with E-state index in [1.54, 1.807) is 6.20 Å². The van der Waals surface area contributed by atoms with Crippen LogP contribution in [-0.2, 0) is 13.5 Å². The fraction of sp³-hybridized carbons (Fsp3) is 0.438. The van der Waals surface area contributed by atoms with Gasteiger partial charge in [-0.15, -0.1) is 0 Å². The van der Waals surface area contributed by atoms with Crippen LogP contribution in [0, 0.1) is 0 Å². The van der Waals surface area contributed by atoms with Gasteiger partial charge in [0.1, 0.15) is 11.9 Å². The molecule has 0 aliphatic rings. The van der Waals surface area contributed by atoms with Gasteiger partial charge in [0.2, 0.25) is 0 Å². The van der Waals surface area contributed by atoms with E-state index in [0.29, 0.717) is 5.92 Å². The third-order valence-corrected chi connectivity index (χ3v) is 3.64. The van der Waals surface area contributed by atoms with E-state index in [1.807, 2.05) is 23.7 Å². The summed E-state index contributed by atoms with van der Waals surface area (Å²) in [5, 5.41) is 10.5. The van der Waals surface area contributed by atoms with Crippen LogP contribution in [0.15, 0.2) is 30.5 Å². The van der Waals surface area contributed by atoms with Crippen molar-refractivity contribution in [1.82, 2.24) is 9.55 Å². The van der Waals surface area contributed by atoms with Crippen LogP contribution in [0.2, 0.25) is 0 Å². The summed E-state index contributed by atoms with van der Waals surface area (Å²) in [5.74, 6) is 1.50. The molecule has 1 heterocycles. The van der Waals surface area contributed by atoms with Crippen LogP contribution < -0.4 is 0 Å². The summed E-state index contributed by atoms with van der Waals surface area (Å²) in [6.45, 7) is 6.40. The Labute approximate surface area is 114 Å². The first-order valence-electron chi connectivity index (χ1n) is 6.83. The third-order valence-electron chi connectivity index (χ3n) is 3.64. The van der Waals surface area contributed by atoms with Crippen LogP contribution in [0.4, 0.5) is 0 Å². The molecule has 3 heteroatoms. The predicted molar refractivity (Wildman–Crippen MR) is 77.2 cm³/mol. The van der Waals surface area contributed by atoms with Crippen molar-refractivity contribution >= 4 is 0 Å². The lowest BCUT2D eigenvalue weighted by molar-refractivity contribution is 0.211. The summed E-state index contributed by atoms with van der Waals surface area (Å²) in [4.78, 5) is 4.33. The molecule has 19 heavy (non-hydrogen) atoms. The van der Waals surface area contributed by atoms with Gasteiger partial charge >= 0.3 is 0 Å². The fourth-order valence-electron chi connectivity index (χ4n) is 2.28. The molecule has 2 rings (SSSR count). The summed E-state index contributed by atoms with van der Waals surface area (Å²) in [6, 6.07) is 8.16. The summed E-state index contributed by atoms with van der Waals surface area (Å²) in [7, 11) is 1.95. The normalized spacial score (nSPS) is 12.9. The quantitative estimate of drug-likeness (QED) is 0.914. The Morgan fingerprint density at radius 1 is 1.16 bits per heavy atom. The van der Waals surface area contributed by atoms with E-state index in [2.05, 4.69) is 37.9 Å². The van der Waals surface area contributed by atoms with Crippen LogP contribution >= 0.6 is 0 Å². The second-order valence-electron chi connectivity index (χ2n) is 5.24. The lowest BCUT2D eigenvalue weighted by Crippen LogP contribution is -2.07. The molecule has 0 radical (unpaired) electrons. The highest BCUT2D eigenvalue weighted by atomic mass is 16.3. The van der Waals surface area contributed by atoms with Gasteiger partial charge in [0.25, 0.3) is 0 Å². The second-order valence-corrected chi connectivity index (χ2v) is 5.24. The Kier molecular flexibility index (Phi) is 4.05. The van der Waals surface area contributed by atoms with Gasteiger partial charge in [-0.1, -0.05) is 45.0 Å². The Morgan fingerprint density at radius 2 is 1.74 bits per heavy atom. The van der Waals surface area contributed by atoms with Crippen molar-refractivity contribution in [2.75, 3.05) is 0 Å². The van der Waals surface area contributed by atoms with Gasteiger partial charge < -0.3 is 9.67 Å². The first-order valence-corrected chi connectivity index (χ1v) is 6.83. The lowest BCUT2D eigenvalue weighted by Gasteiger charge is -2.14. The molecule has 0 fully saturated rings. The number of imidazole rings is 1. The summed E-state index contributed by atoms with van der Waals surface area (Å²) < 4.78 is 1.97. The molecular weight excluding hydrogens is 236 g/mol. The fourth-order valence-corrected chi connectivity index (χ4v) is 2.28. The third kappa shape index (κ3) is 2.71. The maximum Gasteiger partial charge on any atom is 0.121 e. The van der Waals surface area contributed by atoms with Crippen molar-refractivity contribution in [3.8, 4) is 0 Å². The predicted octanol–water partition coefficient (Wildman–Crippen LogP) is 3.19. The molecule has 0 saturated heterocycles. The van der Waals surface area contributed by atoms with E-state index >= 15 is 0 Å².